The fourth-order valence-corrected chi connectivity index (χ4v) is 1.78. The molecule has 1 rings (SSSR count). The summed E-state index contributed by atoms with van der Waals surface area (Å²) in [4.78, 5) is 0. The number of rotatable bonds is 1. The van der Waals surface area contributed by atoms with Gasteiger partial charge in [-0.2, -0.15) is 4.21 Å². The Balaban J connectivity index is 2.31. The summed E-state index contributed by atoms with van der Waals surface area (Å²) in [6.45, 7) is 0.225. The first-order chi connectivity index (χ1) is 4.64. The van der Waals surface area contributed by atoms with Gasteiger partial charge in [0.25, 0.3) is 0 Å². The second kappa shape index (κ2) is 3.06. The van der Waals surface area contributed by atoms with Crippen LogP contribution in [-0.4, -0.2) is 34.9 Å². The molecule has 0 radical (unpaired) electrons. The molecule has 5 heteroatoms. The van der Waals surface area contributed by atoms with Crippen molar-refractivity contribution in [2.75, 3.05) is 19.4 Å². The fourth-order valence-electron chi connectivity index (χ4n) is 0.841. The quantitative estimate of drug-likeness (QED) is 0.354. The highest BCUT2D eigenvalue weighted by atomic mass is 32.2. The number of quaternary nitrogens is 1. The molecule has 1 aliphatic rings. The van der Waals surface area contributed by atoms with Crippen LogP contribution in [0, 0.1) is 5.21 Å². The van der Waals surface area contributed by atoms with Crippen molar-refractivity contribution in [2.24, 2.45) is 0 Å². The van der Waals surface area contributed by atoms with E-state index in [1.807, 2.05) is 0 Å². The Morgan fingerprint density at radius 1 is 1.80 bits per heavy atom. The van der Waals surface area contributed by atoms with E-state index in [1.54, 1.807) is 7.11 Å². The SMILES string of the molecule is COC1CC[N+]([O-])(O)SC1. The summed E-state index contributed by atoms with van der Waals surface area (Å²) in [5.74, 6) is 0.580. The second-order valence-electron chi connectivity index (χ2n) is 2.30. The number of ether oxygens (including phenoxy) is 1. The van der Waals surface area contributed by atoms with Crippen LogP contribution in [0.5, 0.6) is 0 Å². The minimum Gasteiger partial charge on any atom is -0.586 e. The zero-order valence-electron chi connectivity index (χ0n) is 5.82. The molecule has 2 unspecified atom stereocenters. The Labute approximate surface area is 64.0 Å². The highest BCUT2D eigenvalue weighted by Crippen LogP contribution is 2.26. The molecule has 0 aromatic heterocycles. The third-order valence-electron chi connectivity index (χ3n) is 1.53. The van der Waals surface area contributed by atoms with Crippen LogP contribution in [0.1, 0.15) is 6.42 Å². The van der Waals surface area contributed by atoms with Crippen molar-refractivity contribution in [1.29, 1.82) is 0 Å². The summed E-state index contributed by atoms with van der Waals surface area (Å²) >= 11 is 0.966. The lowest BCUT2D eigenvalue weighted by atomic mass is 10.3. The molecule has 4 nitrogen and oxygen atoms in total. The Morgan fingerprint density at radius 2 is 2.50 bits per heavy atom. The molecule has 60 valence electrons. The summed E-state index contributed by atoms with van der Waals surface area (Å²) in [5.41, 5.74) is 0. The van der Waals surface area contributed by atoms with E-state index in [9.17, 15) is 5.21 Å². The average Bonchev–Trinajstić information content (AvgIpc) is 1.88. The van der Waals surface area contributed by atoms with Crippen molar-refractivity contribution < 1.29 is 14.2 Å². The molecule has 0 aromatic carbocycles. The summed E-state index contributed by atoms with van der Waals surface area (Å²) < 4.78 is 3.84. The molecule has 0 bridgehead atoms. The zero-order chi connectivity index (χ0) is 7.61. The number of hydrogen-bond donors (Lipinski definition) is 1. The molecule has 1 N–H and O–H groups in total. The van der Waals surface area contributed by atoms with Crippen LogP contribution >= 0.6 is 11.9 Å². The van der Waals surface area contributed by atoms with Crippen molar-refractivity contribution in [2.45, 2.75) is 12.5 Å². The van der Waals surface area contributed by atoms with Crippen LogP contribution in [0.15, 0.2) is 0 Å². The Kier molecular flexibility index (Phi) is 2.54. The third-order valence-corrected chi connectivity index (χ3v) is 2.64. The van der Waals surface area contributed by atoms with Gasteiger partial charge in [0.15, 0.2) is 0 Å². The topological polar surface area (TPSA) is 52.5 Å². The van der Waals surface area contributed by atoms with Gasteiger partial charge in [0.1, 0.15) is 18.5 Å². The monoisotopic (exact) mass is 165 g/mol. The molecule has 1 aliphatic heterocycles. The van der Waals surface area contributed by atoms with E-state index in [0.29, 0.717) is 12.2 Å². The second-order valence-corrected chi connectivity index (χ2v) is 3.47. The van der Waals surface area contributed by atoms with Gasteiger partial charge < -0.3 is 9.94 Å². The minimum atomic E-state index is -1.17. The van der Waals surface area contributed by atoms with E-state index in [4.69, 9.17) is 9.94 Å². The molecule has 10 heavy (non-hydrogen) atoms. The van der Waals surface area contributed by atoms with Crippen LogP contribution in [0.4, 0.5) is 0 Å². The molecule has 1 fully saturated rings. The van der Waals surface area contributed by atoms with Crippen LogP contribution in [-0.2, 0) is 4.74 Å². The summed E-state index contributed by atoms with van der Waals surface area (Å²) in [6.07, 6.45) is 0.779. The maximum atomic E-state index is 10.8. The van der Waals surface area contributed by atoms with Gasteiger partial charge in [0.2, 0.25) is 0 Å². The molecule has 0 amide bonds. The lowest BCUT2D eigenvalue weighted by Gasteiger charge is -2.36. The number of nitrogens with zero attached hydrogens (tertiary/aromatic N) is 1. The van der Waals surface area contributed by atoms with E-state index in [-0.39, 0.29) is 12.6 Å². The molecule has 0 saturated carbocycles. The van der Waals surface area contributed by atoms with Gasteiger partial charge in [-0.1, -0.05) is 0 Å². The van der Waals surface area contributed by atoms with Crippen molar-refractivity contribution in [3.8, 4) is 0 Å². The third kappa shape index (κ3) is 2.10. The maximum Gasteiger partial charge on any atom is 0.123 e. The summed E-state index contributed by atoms with van der Waals surface area (Å²) in [5, 5.41) is 19.7. The normalized spacial score (nSPS) is 41.7. The standard InChI is InChI=1S/C5H11NO3S/c1-9-5-2-3-6(7,8)10-4-5/h5,7H,2-4H2,1H3. The predicted molar refractivity (Wildman–Crippen MR) is 38.2 cm³/mol. The van der Waals surface area contributed by atoms with E-state index < -0.39 is 4.21 Å². The molecule has 0 aliphatic carbocycles. The smallest absolute Gasteiger partial charge is 0.123 e. The van der Waals surface area contributed by atoms with E-state index in [1.165, 1.54) is 0 Å². The molecular weight excluding hydrogens is 154 g/mol. The van der Waals surface area contributed by atoms with Crippen LogP contribution < -0.4 is 0 Å². The molecule has 0 aromatic rings. The molecule has 1 heterocycles. The lowest BCUT2D eigenvalue weighted by Crippen LogP contribution is -2.40. The van der Waals surface area contributed by atoms with Crippen LogP contribution in [0.2, 0.25) is 0 Å². The fraction of sp³-hybridized carbons (Fsp3) is 1.00. The zero-order valence-corrected chi connectivity index (χ0v) is 6.63. The van der Waals surface area contributed by atoms with E-state index in [2.05, 4.69) is 0 Å². The van der Waals surface area contributed by atoms with E-state index >= 15 is 0 Å². The van der Waals surface area contributed by atoms with Gasteiger partial charge in [-0.15, -0.1) is 0 Å². The Hall–Kier alpha value is 0.190. The van der Waals surface area contributed by atoms with Crippen molar-refractivity contribution in [3.05, 3.63) is 5.21 Å². The molecule has 2 atom stereocenters. The first-order valence-electron chi connectivity index (χ1n) is 3.13. The summed E-state index contributed by atoms with van der Waals surface area (Å²) in [7, 11) is 1.62. The molecule has 0 spiro atoms. The molecule has 1 saturated heterocycles. The maximum absolute atomic E-state index is 10.8. The van der Waals surface area contributed by atoms with Gasteiger partial charge in [-0.25, -0.2) is 5.21 Å². The van der Waals surface area contributed by atoms with Gasteiger partial charge in [0, 0.05) is 13.5 Å². The van der Waals surface area contributed by atoms with Gasteiger partial charge in [0.05, 0.1) is 11.9 Å². The Morgan fingerprint density at radius 3 is 2.90 bits per heavy atom. The first kappa shape index (κ1) is 8.29. The van der Waals surface area contributed by atoms with Crippen LogP contribution in [0.25, 0.3) is 0 Å². The highest BCUT2D eigenvalue weighted by molar-refractivity contribution is 7.93. The number of hydrogen-bond acceptors (Lipinski definition) is 4. The lowest BCUT2D eigenvalue weighted by molar-refractivity contribution is -0.952. The number of methoxy groups -OCH3 is 1. The van der Waals surface area contributed by atoms with Crippen molar-refractivity contribution in [1.82, 2.24) is 0 Å². The van der Waals surface area contributed by atoms with Gasteiger partial charge in [-0.05, 0) is 0 Å². The van der Waals surface area contributed by atoms with Gasteiger partial charge >= 0.3 is 0 Å². The van der Waals surface area contributed by atoms with E-state index in [0.717, 1.165) is 11.9 Å². The van der Waals surface area contributed by atoms with Crippen LogP contribution in [0.3, 0.4) is 0 Å². The Bertz CT molecular complexity index is 109. The summed E-state index contributed by atoms with van der Waals surface area (Å²) in [6, 6.07) is 0. The average molecular weight is 165 g/mol. The highest BCUT2D eigenvalue weighted by Gasteiger charge is 2.27. The first-order valence-corrected chi connectivity index (χ1v) is 4.07. The van der Waals surface area contributed by atoms with Crippen molar-refractivity contribution in [3.63, 3.8) is 0 Å². The molecular formula is C5H11NO3S. The predicted octanol–water partition coefficient (Wildman–Crippen LogP) is 0.757. The van der Waals surface area contributed by atoms with Crippen molar-refractivity contribution >= 4 is 11.9 Å². The largest absolute Gasteiger partial charge is 0.586 e. The van der Waals surface area contributed by atoms with Gasteiger partial charge in [-0.3, -0.25) is 0 Å². The minimum absolute atomic E-state index is 0.136. The number of hydroxylamine groups is 2.